The summed E-state index contributed by atoms with van der Waals surface area (Å²) in [5.41, 5.74) is 0.635. The minimum atomic E-state index is -1.56. The lowest BCUT2D eigenvalue weighted by molar-refractivity contribution is -0.150. The van der Waals surface area contributed by atoms with Gasteiger partial charge in [0.1, 0.15) is 10.4 Å². The molecular weight excluding hydrogens is 418 g/mol. The largest absolute Gasteiger partial charge is 0.493 e. The predicted octanol–water partition coefficient (Wildman–Crippen LogP) is 3.00. The number of carboxylic acids is 2. The second kappa shape index (κ2) is 10.3. The molecule has 1 aliphatic heterocycles. The number of carbonyl (C=O) groups is 3. The molecule has 156 valence electrons. The molecule has 0 spiro atoms. The van der Waals surface area contributed by atoms with E-state index in [1.165, 1.54) is 7.11 Å². The van der Waals surface area contributed by atoms with Gasteiger partial charge >= 0.3 is 11.9 Å². The second-order valence-corrected chi connectivity index (χ2v) is 7.79. The van der Waals surface area contributed by atoms with Crippen molar-refractivity contribution in [3.8, 4) is 11.5 Å². The van der Waals surface area contributed by atoms with Gasteiger partial charge in [0.2, 0.25) is 0 Å². The molecule has 1 atom stereocenters. The Bertz CT molecular complexity index is 853. The Morgan fingerprint density at radius 1 is 1.31 bits per heavy atom. The van der Waals surface area contributed by atoms with E-state index in [0.29, 0.717) is 23.7 Å². The third-order valence-corrected chi connectivity index (χ3v) is 5.36. The van der Waals surface area contributed by atoms with Crippen LogP contribution in [-0.4, -0.2) is 57.0 Å². The summed E-state index contributed by atoms with van der Waals surface area (Å²) in [5, 5.41) is 18.2. The first-order valence-corrected chi connectivity index (χ1v) is 10.0. The van der Waals surface area contributed by atoms with Crippen LogP contribution in [0.25, 0.3) is 6.08 Å². The highest BCUT2D eigenvalue weighted by atomic mass is 32.2. The molecule has 1 saturated heterocycles. The number of nitrogens with zero attached hydrogens (tertiary/aromatic N) is 1. The number of aliphatic carboxylic acids is 2. The van der Waals surface area contributed by atoms with Crippen molar-refractivity contribution in [1.29, 1.82) is 0 Å². The van der Waals surface area contributed by atoms with E-state index in [0.717, 1.165) is 29.5 Å². The molecule has 8 nitrogen and oxygen atoms in total. The van der Waals surface area contributed by atoms with Gasteiger partial charge in [0.25, 0.3) is 5.91 Å². The third kappa shape index (κ3) is 5.70. The minimum absolute atomic E-state index is 0.00128. The molecule has 0 bridgehead atoms. The van der Waals surface area contributed by atoms with Gasteiger partial charge in [-0.05, 0) is 30.2 Å². The van der Waals surface area contributed by atoms with Crippen molar-refractivity contribution in [2.75, 3.05) is 13.7 Å². The van der Waals surface area contributed by atoms with Crippen LogP contribution in [-0.2, 0) is 14.4 Å². The summed E-state index contributed by atoms with van der Waals surface area (Å²) in [6.45, 7) is 2.62. The van der Waals surface area contributed by atoms with E-state index in [2.05, 4.69) is 6.92 Å². The van der Waals surface area contributed by atoms with Gasteiger partial charge in [-0.25, -0.2) is 4.79 Å². The van der Waals surface area contributed by atoms with Crippen molar-refractivity contribution in [2.24, 2.45) is 0 Å². The number of methoxy groups -OCH3 is 1. The molecule has 0 saturated carbocycles. The molecule has 0 aromatic heterocycles. The molecule has 1 aliphatic rings. The fourth-order valence-electron chi connectivity index (χ4n) is 2.57. The first kappa shape index (κ1) is 22.7. The van der Waals surface area contributed by atoms with E-state index in [1.807, 2.05) is 0 Å². The van der Waals surface area contributed by atoms with Crippen molar-refractivity contribution in [1.82, 2.24) is 4.90 Å². The smallest absolute Gasteiger partial charge is 0.327 e. The molecule has 2 rings (SSSR count). The number of carbonyl (C=O) groups excluding carboxylic acids is 1. The average molecular weight is 440 g/mol. The normalized spacial score (nSPS) is 16.2. The predicted molar refractivity (Wildman–Crippen MR) is 112 cm³/mol. The number of rotatable bonds is 10. The van der Waals surface area contributed by atoms with E-state index in [9.17, 15) is 19.5 Å². The molecule has 1 amide bonds. The van der Waals surface area contributed by atoms with Crippen LogP contribution >= 0.6 is 24.0 Å². The van der Waals surface area contributed by atoms with E-state index >= 15 is 0 Å². The summed E-state index contributed by atoms with van der Waals surface area (Å²) in [7, 11) is 1.51. The Balaban J connectivity index is 2.26. The SMILES string of the molecule is CCCCOc1ccc(/C=C2\SC(=S)N(C(CC(=O)O)C(=O)O)C2=O)cc1OC. The molecule has 1 fully saturated rings. The van der Waals surface area contributed by atoms with Gasteiger partial charge in [0.15, 0.2) is 11.5 Å². The number of benzene rings is 1. The number of hydrogen-bond acceptors (Lipinski definition) is 7. The molecule has 1 aromatic carbocycles. The van der Waals surface area contributed by atoms with E-state index in [4.69, 9.17) is 26.8 Å². The van der Waals surface area contributed by atoms with E-state index < -0.39 is 30.3 Å². The first-order valence-electron chi connectivity index (χ1n) is 8.81. The Hall–Kier alpha value is -2.59. The van der Waals surface area contributed by atoms with Crippen molar-refractivity contribution in [2.45, 2.75) is 32.2 Å². The zero-order chi connectivity index (χ0) is 21.6. The minimum Gasteiger partial charge on any atom is -0.493 e. The van der Waals surface area contributed by atoms with Gasteiger partial charge in [0.05, 0.1) is 25.0 Å². The maximum atomic E-state index is 12.7. The fourth-order valence-corrected chi connectivity index (χ4v) is 3.93. The molecule has 1 unspecified atom stereocenters. The Morgan fingerprint density at radius 2 is 2.03 bits per heavy atom. The summed E-state index contributed by atoms with van der Waals surface area (Å²) in [6, 6.07) is 3.60. The quantitative estimate of drug-likeness (QED) is 0.323. The standard InChI is InChI=1S/C19H21NO7S2/c1-3-4-7-27-13-6-5-11(8-14(13)26-2)9-15-17(23)20(19(28)29-15)12(18(24)25)10-16(21)22/h5-6,8-9,12H,3-4,7,10H2,1-2H3,(H,21,22)(H,24,25)/b15-9-. The third-order valence-electron chi connectivity index (χ3n) is 4.03. The molecular formula is C19H21NO7S2. The zero-order valence-electron chi connectivity index (χ0n) is 15.9. The van der Waals surface area contributed by atoms with Crippen LogP contribution in [0.15, 0.2) is 23.1 Å². The molecule has 10 heteroatoms. The highest BCUT2D eigenvalue weighted by Gasteiger charge is 2.41. The van der Waals surface area contributed by atoms with Gasteiger partial charge < -0.3 is 19.7 Å². The molecule has 1 heterocycles. The summed E-state index contributed by atoms with van der Waals surface area (Å²) < 4.78 is 11.0. The van der Waals surface area contributed by atoms with E-state index in [-0.39, 0.29) is 9.23 Å². The Labute approximate surface area is 177 Å². The second-order valence-electron chi connectivity index (χ2n) is 6.12. The number of thioether (sulfide) groups is 1. The van der Waals surface area contributed by atoms with Crippen LogP contribution in [0.2, 0.25) is 0 Å². The van der Waals surface area contributed by atoms with Gasteiger partial charge in [-0.2, -0.15) is 0 Å². The van der Waals surface area contributed by atoms with Crippen LogP contribution in [0.1, 0.15) is 31.7 Å². The van der Waals surface area contributed by atoms with Crippen molar-refractivity contribution in [3.05, 3.63) is 28.7 Å². The monoisotopic (exact) mass is 439 g/mol. The Morgan fingerprint density at radius 3 is 2.62 bits per heavy atom. The van der Waals surface area contributed by atoms with Crippen molar-refractivity contribution < 1.29 is 34.1 Å². The first-order chi connectivity index (χ1) is 13.8. The van der Waals surface area contributed by atoms with Gasteiger partial charge in [-0.3, -0.25) is 14.5 Å². The van der Waals surface area contributed by atoms with Crippen LogP contribution in [0.4, 0.5) is 0 Å². The fraction of sp³-hybridized carbons (Fsp3) is 0.368. The van der Waals surface area contributed by atoms with E-state index in [1.54, 1.807) is 24.3 Å². The maximum absolute atomic E-state index is 12.7. The van der Waals surface area contributed by atoms with Gasteiger partial charge in [-0.15, -0.1) is 0 Å². The summed E-state index contributed by atoms with van der Waals surface area (Å²) in [6.07, 6.45) is 2.72. The van der Waals surface area contributed by atoms with Crippen LogP contribution in [0.5, 0.6) is 11.5 Å². The van der Waals surface area contributed by atoms with Crippen molar-refractivity contribution >= 4 is 52.2 Å². The lowest BCUT2D eigenvalue weighted by Gasteiger charge is -2.21. The van der Waals surface area contributed by atoms with Crippen molar-refractivity contribution in [3.63, 3.8) is 0 Å². The topological polar surface area (TPSA) is 113 Å². The number of unbranched alkanes of at least 4 members (excludes halogenated alkanes) is 1. The van der Waals surface area contributed by atoms with Gasteiger partial charge in [-0.1, -0.05) is 43.4 Å². The van der Waals surface area contributed by atoms with Crippen LogP contribution in [0.3, 0.4) is 0 Å². The zero-order valence-corrected chi connectivity index (χ0v) is 17.5. The number of ether oxygens (including phenoxy) is 2. The summed E-state index contributed by atoms with van der Waals surface area (Å²) in [4.78, 5) is 36.1. The molecule has 0 aliphatic carbocycles. The lowest BCUT2D eigenvalue weighted by atomic mass is 10.1. The summed E-state index contributed by atoms with van der Waals surface area (Å²) >= 11 is 6.04. The van der Waals surface area contributed by atoms with Crippen LogP contribution in [0, 0.1) is 0 Å². The number of thiocarbonyl (C=S) groups is 1. The number of hydrogen-bond donors (Lipinski definition) is 2. The molecule has 29 heavy (non-hydrogen) atoms. The average Bonchev–Trinajstić information content (AvgIpc) is 2.93. The summed E-state index contributed by atoms with van der Waals surface area (Å²) in [5.74, 6) is -2.33. The lowest BCUT2D eigenvalue weighted by Crippen LogP contribution is -2.45. The highest BCUT2D eigenvalue weighted by Crippen LogP contribution is 2.36. The molecule has 0 radical (unpaired) electrons. The van der Waals surface area contributed by atoms with Crippen LogP contribution < -0.4 is 9.47 Å². The number of amides is 1. The highest BCUT2D eigenvalue weighted by molar-refractivity contribution is 8.26. The maximum Gasteiger partial charge on any atom is 0.327 e. The number of carboxylic acid groups (broad SMARTS) is 2. The van der Waals surface area contributed by atoms with Gasteiger partial charge in [0, 0.05) is 0 Å². The molecule has 2 N–H and O–H groups in total. The molecule has 1 aromatic rings. The Kier molecular flexibility index (Phi) is 8.03.